The summed E-state index contributed by atoms with van der Waals surface area (Å²) in [6, 6.07) is 4.98. The number of carbonyl (C=O) groups excluding carboxylic acids is 3. The van der Waals surface area contributed by atoms with Crippen LogP contribution in [-0.4, -0.2) is 50.7 Å². The summed E-state index contributed by atoms with van der Waals surface area (Å²) >= 11 is 0. The van der Waals surface area contributed by atoms with Crippen LogP contribution >= 0.6 is 0 Å². The first-order valence-electron chi connectivity index (χ1n) is 7.42. The molecule has 1 aromatic carbocycles. The lowest BCUT2D eigenvalue weighted by Crippen LogP contribution is -2.59. The van der Waals surface area contributed by atoms with E-state index in [2.05, 4.69) is 10.6 Å². The minimum absolute atomic E-state index is 0.294. The molecule has 130 valence electrons. The molecule has 0 spiro atoms. The van der Waals surface area contributed by atoms with Crippen LogP contribution < -0.4 is 15.5 Å². The molecule has 2 rings (SSSR count). The number of benzene rings is 1. The first-order valence-corrected chi connectivity index (χ1v) is 9.48. The largest absolute Gasteiger partial charge is 0.354 e. The summed E-state index contributed by atoms with van der Waals surface area (Å²) < 4.78 is 23.0. The van der Waals surface area contributed by atoms with Crippen molar-refractivity contribution in [2.24, 2.45) is 0 Å². The lowest BCUT2D eigenvalue weighted by molar-refractivity contribution is -0.132. The Kier molecular flexibility index (Phi) is 5.23. The highest BCUT2D eigenvalue weighted by atomic mass is 32.2. The fraction of sp³-hybridized carbons (Fsp3) is 0.400. The van der Waals surface area contributed by atoms with Crippen LogP contribution in [0.5, 0.6) is 0 Å². The molecule has 0 radical (unpaired) electrons. The number of anilines is 2. The van der Waals surface area contributed by atoms with Crippen molar-refractivity contribution in [2.75, 3.05) is 28.8 Å². The number of nitrogens with one attached hydrogen (secondary N) is 2. The molecule has 1 unspecified atom stereocenters. The SMILES string of the molecule is CCCNC(=O)C1C(=O)Nc2ccccc2N1C(=O)CS(C)(=O)=O. The van der Waals surface area contributed by atoms with Crippen LogP contribution in [0, 0.1) is 0 Å². The summed E-state index contributed by atoms with van der Waals surface area (Å²) in [6.45, 7) is 2.20. The standard InChI is InChI=1S/C15H19N3O5S/c1-3-8-16-14(20)13-15(21)17-10-6-4-5-7-11(10)18(13)12(19)9-24(2,22)23/h4-7,13H,3,8-9H2,1-2H3,(H,16,20)(H,17,21). The number of rotatable bonds is 5. The van der Waals surface area contributed by atoms with E-state index in [1.165, 1.54) is 0 Å². The summed E-state index contributed by atoms with van der Waals surface area (Å²) in [5.74, 6) is -2.93. The molecule has 24 heavy (non-hydrogen) atoms. The number of fused-ring (bicyclic) bond motifs is 1. The van der Waals surface area contributed by atoms with Gasteiger partial charge in [-0.1, -0.05) is 19.1 Å². The number of nitrogens with zero attached hydrogens (tertiary/aromatic N) is 1. The molecule has 0 bridgehead atoms. The van der Waals surface area contributed by atoms with Crippen molar-refractivity contribution >= 4 is 38.9 Å². The number of amides is 3. The van der Waals surface area contributed by atoms with Crippen LogP contribution in [0.2, 0.25) is 0 Å². The van der Waals surface area contributed by atoms with Crippen molar-refractivity contribution in [1.82, 2.24) is 5.32 Å². The van der Waals surface area contributed by atoms with Gasteiger partial charge in [0.1, 0.15) is 5.75 Å². The second kappa shape index (κ2) is 7.00. The molecular formula is C15H19N3O5S. The first kappa shape index (κ1) is 17.9. The van der Waals surface area contributed by atoms with Gasteiger partial charge in [0.15, 0.2) is 15.9 Å². The average molecular weight is 353 g/mol. The summed E-state index contributed by atoms with van der Waals surface area (Å²) in [6.07, 6.45) is 1.58. The highest BCUT2D eigenvalue weighted by Crippen LogP contribution is 2.32. The van der Waals surface area contributed by atoms with Gasteiger partial charge in [-0.2, -0.15) is 0 Å². The maximum absolute atomic E-state index is 12.5. The minimum atomic E-state index is -3.61. The quantitative estimate of drug-likeness (QED) is 0.719. The van der Waals surface area contributed by atoms with Crippen LogP contribution in [-0.2, 0) is 24.2 Å². The van der Waals surface area contributed by atoms with Gasteiger partial charge in [-0.25, -0.2) is 8.42 Å². The van der Waals surface area contributed by atoms with E-state index in [-0.39, 0.29) is 0 Å². The van der Waals surface area contributed by atoms with E-state index in [0.717, 1.165) is 11.2 Å². The van der Waals surface area contributed by atoms with Crippen molar-refractivity contribution in [3.63, 3.8) is 0 Å². The molecule has 2 N–H and O–H groups in total. The second-order valence-electron chi connectivity index (χ2n) is 5.53. The normalized spacial score (nSPS) is 17.0. The van der Waals surface area contributed by atoms with Crippen molar-refractivity contribution in [1.29, 1.82) is 0 Å². The van der Waals surface area contributed by atoms with Crippen molar-refractivity contribution < 1.29 is 22.8 Å². The molecule has 1 aliphatic heterocycles. The van der Waals surface area contributed by atoms with E-state index >= 15 is 0 Å². The molecule has 0 fully saturated rings. The topological polar surface area (TPSA) is 113 Å². The van der Waals surface area contributed by atoms with E-state index in [1.54, 1.807) is 24.3 Å². The Hall–Kier alpha value is -2.42. The van der Waals surface area contributed by atoms with Crippen LogP contribution in [0.3, 0.4) is 0 Å². The molecule has 0 aromatic heterocycles. The highest BCUT2D eigenvalue weighted by Gasteiger charge is 2.42. The molecule has 1 heterocycles. The number of para-hydroxylation sites is 2. The van der Waals surface area contributed by atoms with Gasteiger partial charge in [0, 0.05) is 12.8 Å². The third-order valence-corrected chi connectivity index (χ3v) is 4.15. The van der Waals surface area contributed by atoms with Gasteiger partial charge in [0.25, 0.3) is 11.8 Å². The number of hydrogen-bond donors (Lipinski definition) is 2. The third kappa shape index (κ3) is 3.91. The molecule has 1 aliphatic rings. The fourth-order valence-corrected chi connectivity index (χ4v) is 2.99. The zero-order valence-corrected chi connectivity index (χ0v) is 14.2. The average Bonchev–Trinajstić information content (AvgIpc) is 2.49. The Morgan fingerprint density at radius 1 is 1.29 bits per heavy atom. The molecule has 9 heteroatoms. The maximum Gasteiger partial charge on any atom is 0.257 e. The first-order chi connectivity index (χ1) is 11.2. The van der Waals surface area contributed by atoms with E-state index in [0.29, 0.717) is 24.3 Å². The zero-order valence-electron chi connectivity index (χ0n) is 13.4. The predicted molar refractivity (Wildman–Crippen MR) is 89.4 cm³/mol. The molecule has 0 aliphatic carbocycles. The van der Waals surface area contributed by atoms with E-state index < -0.39 is 39.4 Å². The summed E-state index contributed by atoms with van der Waals surface area (Å²) in [4.78, 5) is 38.1. The lowest BCUT2D eigenvalue weighted by atomic mass is 10.1. The number of carbonyl (C=O) groups is 3. The zero-order chi connectivity index (χ0) is 17.9. The van der Waals surface area contributed by atoms with Gasteiger partial charge in [-0.3, -0.25) is 19.3 Å². The number of sulfone groups is 1. The highest BCUT2D eigenvalue weighted by molar-refractivity contribution is 7.91. The molecular weight excluding hydrogens is 334 g/mol. The molecule has 0 saturated carbocycles. The van der Waals surface area contributed by atoms with E-state index in [9.17, 15) is 22.8 Å². The van der Waals surface area contributed by atoms with E-state index in [4.69, 9.17) is 0 Å². The summed E-state index contributed by atoms with van der Waals surface area (Å²) in [7, 11) is -3.61. The summed E-state index contributed by atoms with van der Waals surface area (Å²) in [5, 5.41) is 5.14. The van der Waals surface area contributed by atoms with Gasteiger partial charge < -0.3 is 10.6 Å². The van der Waals surface area contributed by atoms with Gasteiger partial charge in [0.05, 0.1) is 11.4 Å². The Labute approximate surface area is 140 Å². The van der Waals surface area contributed by atoms with Gasteiger partial charge >= 0.3 is 0 Å². The molecule has 8 nitrogen and oxygen atoms in total. The fourth-order valence-electron chi connectivity index (χ4n) is 2.40. The van der Waals surface area contributed by atoms with Crippen LogP contribution in [0.4, 0.5) is 11.4 Å². The Balaban J connectivity index is 2.45. The van der Waals surface area contributed by atoms with Gasteiger partial charge in [-0.15, -0.1) is 0 Å². The van der Waals surface area contributed by atoms with Gasteiger partial charge in [0.2, 0.25) is 5.91 Å². The Morgan fingerprint density at radius 2 is 1.96 bits per heavy atom. The van der Waals surface area contributed by atoms with Gasteiger partial charge in [-0.05, 0) is 18.6 Å². The van der Waals surface area contributed by atoms with Crippen molar-refractivity contribution in [2.45, 2.75) is 19.4 Å². The van der Waals surface area contributed by atoms with Crippen LogP contribution in [0.25, 0.3) is 0 Å². The second-order valence-corrected chi connectivity index (χ2v) is 7.67. The van der Waals surface area contributed by atoms with Crippen molar-refractivity contribution in [3.05, 3.63) is 24.3 Å². The minimum Gasteiger partial charge on any atom is -0.354 e. The molecule has 1 aromatic rings. The maximum atomic E-state index is 12.5. The number of hydrogen-bond acceptors (Lipinski definition) is 5. The molecule has 0 saturated heterocycles. The smallest absolute Gasteiger partial charge is 0.257 e. The van der Waals surface area contributed by atoms with Crippen LogP contribution in [0.15, 0.2) is 24.3 Å². The predicted octanol–water partition coefficient (Wildman–Crippen LogP) is -0.0889. The van der Waals surface area contributed by atoms with Crippen molar-refractivity contribution in [3.8, 4) is 0 Å². The Morgan fingerprint density at radius 3 is 2.58 bits per heavy atom. The monoisotopic (exact) mass is 353 g/mol. The Bertz CT molecular complexity index is 775. The summed E-state index contributed by atoms with van der Waals surface area (Å²) in [5.41, 5.74) is 0.645. The molecule has 1 atom stereocenters. The molecule has 3 amide bonds. The lowest BCUT2D eigenvalue weighted by Gasteiger charge is -2.35. The van der Waals surface area contributed by atoms with Crippen LogP contribution in [0.1, 0.15) is 13.3 Å². The van der Waals surface area contributed by atoms with E-state index in [1.807, 2.05) is 6.92 Å². The third-order valence-electron chi connectivity index (χ3n) is 3.38.